The monoisotopic (exact) mass is 333 g/mol. The van der Waals surface area contributed by atoms with Crippen LogP contribution in [0.1, 0.15) is 11.8 Å². The first-order valence-corrected chi connectivity index (χ1v) is 6.52. The molecule has 1 aliphatic rings. The Kier molecular flexibility index (Phi) is 4.99. The molecule has 0 saturated heterocycles. The van der Waals surface area contributed by atoms with Crippen LogP contribution < -0.4 is 4.74 Å². The number of para-hydroxylation sites is 1. The number of benzene rings is 1. The molecule has 1 aromatic carbocycles. The van der Waals surface area contributed by atoms with Gasteiger partial charge in [-0.3, -0.25) is 0 Å². The average molecular weight is 333 g/mol. The van der Waals surface area contributed by atoms with E-state index in [1.165, 1.54) is 19.2 Å². The molecule has 1 atom stereocenters. The summed E-state index contributed by atoms with van der Waals surface area (Å²) in [7, 11) is 1.47. The molecule has 1 N–H and O–H groups in total. The Morgan fingerprint density at radius 1 is 1.35 bits per heavy atom. The third kappa shape index (κ3) is 3.67. The predicted molar refractivity (Wildman–Crippen MR) is 71.6 cm³/mol. The molecule has 1 unspecified atom stereocenters. The van der Waals surface area contributed by atoms with Crippen molar-refractivity contribution in [2.75, 3.05) is 20.3 Å². The van der Waals surface area contributed by atoms with E-state index in [0.717, 1.165) is 0 Å². The normalized spacial score (nSPS) is 17.7. The number of halogens is 3. The zero-order valence-electron chi connectivity index (χ0n) is 12.0. The van der Waals surface area contributed by atoms with Crippen LogP contribution in [0, 0.1) is 0 Å². The van der Waals surface area contributed by atoms with E-state index < -0.39 is 24.2 Å². The Hall–Kier alpha value is -2.42. The minimum Gasteiger partial charge on any atom is -0.491 e. The number of carbonyl (C=O) groups is 1. The molecule has 0 aromatic heterocycles. The van der Waals surface area contributed by atoms with E-state index in [9.17, 15) is 18.0 Å². The summed E-state index contributed by atoms with van der Waals surface area (Å²) in [4.78, 5) is 11.4. The van der Waals surface area contributed by atoms with Crippen molar-refractivity contribution in [2.45, 2.75) is 12.4 Å². The number of carboxylic acid groups (broad SMARTS) is 1. The molecule has 9 heteroatoms. The number of hydrogen-bond donors (Lipinski definition) is 1. The molecule has 0 aliphatic carbocycles. The van der Waals surface area contributed by atoms with Gasteiger partial charge in [0.15, 0.2) is 5.70 Å². The summed E-state index contributed by atoms with van der Waals surface area (Å²) in [6.45, 7) is 0.432. The van der Waals surface area contributed by atoms with Crippen molar-refractivity contribution >= 4 is 6.09 Å². The van der Waals surface area contributed by atoms with Crippen molar-refractivity contribution in [2.24, 2.45) is 0 Å². The SMILES string of the molecule is COCCOc1ccccc1C1OC=C(C(F)(F)F)N1C(=O)O. The van der Waals surface area contributed by atoms with Gasteiger partial charge in [0.25, 0.3) is 0 Å². The maximum Gasteiger partial charge on any atom is 0.434 e. The van der Waals surface area contributed by atoms with Gasteiger partial charge in [-0.05, 0) is 12.1 Å². The highest BCUT2D eigenvalue weighted by Gasteiger charge is 2.48. The standard InChI is InChI=1S/C14H14F3NO5/c1-21-6-7-22-10-5-3-2-4-9(10)12-18(13(19)20)11(8-23-12)14(15,16)17/h2-5,8,12H,6-7H2,1H3,(H,19,20). The second-order valence-corrected chi connectivity index (χ2v) is 4.52. The molecule has 6 nitrogen and oxygen atoms in total. The minimum atomic E-state index is -4.85. The molecule has 0 spiro atoms. The second-order valence-electron chi connectivity index (χ2n) is 4.52. The molecule has 1 amide bonds. The van der Waals surface area contributed by atoms with Gasteiger partial charge >= 0.3 is 12.3 Å². The van der Waals surface area contributed by atoms with E-state index in [4.69, 9.17) is 19.3 Å². The first-order chi connectivity index (χ1) is 10.9. The number of allylic oxidation sites excluding steroid dienone is 1. The Morgan fingerprint density at radius 2 is 2.04 bits per heavy atom. The average Bonchev–Trinajstić information content (AvgIpc) is 2.93. The summed E-state index contributed by atoms with van der Waals surface area (Å²) in [6.07, 6.45) is -7.70. The molecule has 1 heterocycles. The van der Waals surface area contributed by atoms with Gasteiger partial charge in [-0.2, -0.15) is 13.2 Å². The molecule has 2 rings (SSSR count). The summed E-state index contributed by atoms with van der Waals surface area (Å²) >= 11 is 0. The van der Waals surface area contributed by atoms with Crippen LogP contribution in [0.3, 0.4) is 0 Å². The Labute approximate surface area is 129 Å². The zero-order chi connectivity index (χ0) is 17.0. The van der Waals surface area contributed by atoms with Crippen molar-refractivity contribution in [1.82, 2.24) is 4.90 Å². The fourth-order valence-corrected chi connectivity index (χ4v) is 2.04. The van der Waals surface area contributed by atoms with Gasteiger partial charge in [0.1, 0.15) is 18.6 Å². The van der Waals surface area contributed by atoms with Crippen LogP contribution >= 0.6 is 0 Å². The lowest BCUT2D eigenvalue weighted by Crippen LogP contribution is -2.35. The van der Waals surface area contributed by atoms with Crippen molar-refractivity contribution in [1.29, 1.82) is 0 Å². The van der Waals surface area contributed by atoms with Gasteiger partial charge in [-0.15, -0.1) is 0 Å². The number of hydrogen-bond acceptors (Lipinski definition) is 4. The second kappa shape index (κ2) is 6.78. The van der Waals surface area contributed by atoms with Crippen LogP contribution in [0.25, 0.3) is 0 Å². The Balaban J connectivity index is 2.30. The van der Waals surface area contributed by atoms with Crippen LogP contribution in [0.4, 0.5) is 18.0 Å². The van der Waals surface area contributed by atoms with Crippen molar-refractivity contribution in [3.8, 4) is 5.75 Å². The lowest BCUT2D eigenvalue weighted by atomic mass is 10.1. The van der Waals surface area contributed by atoms with E-state index in [0.29, 0.717) is 6.26 Å². The highest BCUT2D eigenvalue weighted by Crippen LogP contribution is 2.42. The van der Waals surface area contributed by atoms with E-state index in [2.05, 4.69) is 0 Å². The molecule has 0 fully saturated rings. The van der Waals surface area contributed by atoms with E-state index >= 15 is 0 Å². The van der Waals surface area contributed by atoms with Gasteiger partial charge in [0.2, 0.25) is 6.23 Å². The molecule has 0 saturated carbocycles. The molecule has 0 radical (unpaired) electrons. The van der Waals surface area contributed by atoms with Crippen LogP contribution in [0.5, 0.6) is 5.75 Å². The van der Waals surface area contributed by atoms with Crippen molar-refractivity contribution in [3.63, 3.8) is 0 Å². The number of nitrogens with zero attached hydrogens (tertiary/aromatic N) is 1. The lowest BCUT2D eigenvalue weighted by molar-refractivity contribution is -0.111. The maximum atomic E-state index is 12.9. The van der Waals surface area contributed by atoms with Gasteiger partial charge in [-0.1, -0.05) is 12.1 Å². The molecule has 0 bridgehead atoms. The van der Waals surface area contributed by atoms with Crippen LogP contribution in [0.15, 0.2) is 36.2 Å². The van der Waals surface area contributed by atoms with Gasteiger partial charge in [0, 0.05) is 7.11 Å². The van der Waals surface area contributed by atoms with Crippen LogP contribution in [-0.4, -0.2) is 42.6 Å². The summed E-state index contributed by atoms with van der Waals surface area (Å²) in [5, 5.41) is 9.13. The molecule has 1 aliphatic heterocycles. The van der Waals surface area contributed by atoms with Gasteiger partial charge in [0.05, 0.1) is 12.2 Å². The van der Waals surface area contributed by atoms with Gasteiger partial charge < -0.3 is 19.3 Å². The van der Waals surface area contributed by atoms with Crippen molar-refractivity contribution in [3.05, 3.63) is 41.8 Å². The molecule has 23 heavy (non-hydrogen) atoms. The highest BCUT2D eigenvalue weighted by molar-refractivity contribution is 5.69. The lowest BCUT2D eigenvalue weighted by Gasteiger charge is -2.25. The largest absolute Gasteiger partial charge is 0.491 e. The van der Waals surface area contributed by atoms with E-state index in [1.807, 2.05) is 0 Å². The van der Waals surface area contributed by atoms with Crippen LogP contribution in [-0.2, 0) is 9.47 Å². The summed E-state index contributed by atoms with van der Waals surface area (Å²) < 4.78 is 53.9. The Morgan fingerprint density at radius 3 is 2.65 bits per heavy atom. The minimum absolute atomic E-state index is 0.124. The third-order valence-electron chi connectivity index (χ3n) is 3.03. The van der Waals surface area contributed by atoms with E-state index in [1.54, 1.807) is 12.1 Å². The topological polar surface area (TPSA) is 68.2 Å². The fraction of sp³-hybridized carbons (Fsp3) is 0.357. The fourth-order valence-electron chi connectivity index (χ4n) is 2.04. The molecular weight excluding hydrogens is 319 g/mol. The van der Waals surface area contributed by atoms with E-state index in [-0.39, 0.29) is 29.4 Å². The smallest absolute Gasteiger partial charge is 0.434 e. The van der Waals surface area contributed by atoms with Gasteiger partial charge in [-0.25, -0.2) is 9.69 Å². The van der Waals surface area contributed by atoms with Crippen LogP contribution in [0.2, 0.25) is 0 Å². The summed E-state index contributed by atoms with van der Waals surface area (Å²) in [5.41, 5.74) is -1.22. The summed E-state index contributed by atoms with van der Waals surface area (Å²) in [5.74, 6) is 0.220. The number of alkyl halides is 3. The predicted octanol–water partition coefficient (Wildman–Crippen LogP) is 3.12. The quantitative estimate of drug-likeness (QED) is 0.839. The maximum absolute atomic E-state index is 12.9. The van der Waals surface area contributed by atoms with Crippen molar-refractivity contribution < 1.29 is 37.3 Å². The molecule has 126 valence electrons. The first kappa shape index (κ1) is 16.9. The highest BCUT2D eigenvalue weighted by atomic mass is 19.4. The summed E-state index contributed by atoms with van der Waals surface area (Å²) in [6, 6.07) is 6.12. The third-order valence-corrected chi connectivity index (χ3v) is 3.03. The number of ether oxygens (including phenoxy) is 3. The number of methoxy groups -OCH3 is 1. The number of amides is 1. The zero-order valence-corrected chi connectivity index (χ0v) is 12.0. The Bertz CT molecular complexity index is 602. The number of rotatable bonds is 5. The first-order valence-electron chi connectivity index (χ1n) is 6.52. The molecular formula is C14H14F3NO5. The molecule has 1 aromatic rings.